The predicted octanol–water partition coefficient (Wildman–Crippen LogP) is 3.52. The Morgan fingerprint density at radius 3 is 2.33 bits per heavy atom. The molecule has 0 fully saturated rings. The quantitative estimate of drug-likeness (QED) is 0.550. The molecule has 30 heavy (non-hydrogen) atoms. The summed E-state index contributed by atoms with van der Waals surface area (Å²) >= 11 is 3.31. The number of amides is 1. The lowest BCUT2D eigenvalue weighted by molar-refractivity contribution is 0.0378. The average molecular weight is 472 g/mol. The van der Waals surface area contributed by atoms with Gasteiger partial charge < -0.3 is 15.2 Å². The van der Waals surface area contributed by atoms with E-state index in [-0.39, 0.29) is 11.8 Å². The number of esters is 1. The Morgan fingerprint density at radius 2 is 1.73 bits per heavy atom. The Hall–Kier alpha value is -3.46. The van der Waals surface area contributed by atoms with Gasteiger partial charge >= 0.3 is 5.97 Å². The number of carbonyl (C=O) groups excluding carboxylic acids is 2. The second kappa shape index (κ2) is 8.91. The van der Waals surface area contributed by atoms with E-state index in [1.165, 1.54) is 24.3 Å². The first-order chi connectivity index (χ1) is 14.2. The van der Waals surface area contributed by atoms with Gasteiger partial charge in [0.15, 0.2) is 11.4 Å². The van der Waals surface area contributed by atoms with Gasteiger partial charge in [-0.05, 0) is 62.4 Å². The molecule has 0 radical (unpaired) electrons. The molecule has 154 valence electrons. The van der Waals surface area contributed by atoms with Crippen molar-refractivity contribution in [1.29, 1.82) is 0 Å². The van der Waals surface area contributed by atoms with E-state index in [1.807, 2.05) is 0 Å². The summed E-state index contributed by atoms with van der Waals surface area (Å²) in [5.41, 5.74) is 0.251. The van der Waals surface area contributed by atoms with Gasteiger partial charge in [-0.15, -0.1) is 0 Å². The highest BCUT2D eigenvalue weighted by molar-refractivity contribution is 9.10. The number of aromatic nitrogens is 2. The van der Waals surface area contributed by atoms with E-state index in [4.69, 9.17) is 4.74 Å². The first-order valence-electron chi connectivity index (χ1n) is 8.96. The fourth-order valence-electron chi connectivity index (χ4n) is 2.54. The van der Waals surface area contributed by atoms with Crippen molar-refractivity contribution >= 4 is 33.5 Å². The van der Waals surface area contributed by atoms with Crippen molar-refractivity contribution in [2.24, 2.45) is 0 Å². The molecule has 3 aromatic rings. The van der Waals surface area contributed by atoms with Crippen LogP contribution in [0.5, 0.6) is 5.75 Å². The molecule has 0 bridgehead atoms. The minimum Gasteiger partial charge on any atom is -0.505 e. The molecule has 0 aliphatic rings. The lowest BCUT2D eigenvalue weighted by atomic mass is 10.2. The van der Waals surface area contributed by atoms with Crippen LogP contribution in [0, 0.1) is 0 Å². The number of carbonyl (C=O) groups is 2. The van der Waals surface area contributed by atoms with Gasteiger partial charge in [-0.1, -0.05) is 15.9 Å². The molecule has 1 aromatic heterocycles. The van der Waals surface area contributed by atoms with Crippen molar-refractivity contribution in [3.05, 3.63) is 80.7 Å². The van der Waals surface area contributed by atoms with Crippen LogP contribution in [0.1, 0.15) is 34.7 Å². The van der Waals surface area contributed by atoms with E-state index >= 15 is 0 Å². The summed E-state index contributed by atoms with van der Waals surface area (Å²) < 4.78 is 6.95. The minimum atomic E-state index is -0.712. The van der Waals surface area contributed by atoms with Gasteiger partial charge in [-0.2, -0.15) is 9.78 Å². The fourth-order valence-corrected chi connectivity index (χ4v) is 2.80. The zero-order valence-corrected chi connectivity index (χ0v) is 17.7. The zero-order chi connectivity index (χ0) is 21.8. The Kier molecular flexibility index (Phi) is 6.31. The minimum absolute atomic E-state index is 0.243. The number of ether oxygens (including phenoxy) is 1. The highest BCUT2D eigenvalue weighted by Gasteiger charge is 2.17. The maximum absolute atomic E-state index is 12.6. The van der Waals surface area contributed by atoms with Crippen molar-refractivity contribution < 1.29 is 19.4 Å². The largest absolute Gasteiger partial charge is 0.505 e. The summed E-state index contributed by atoms with van der Waals surface area (Å²) in [6.45, 7) is 3.50. The second-order valence-corrected chi connectivity index (χ2v) is 7.51. The number of benzene rings is 2. The number of hydrogen-bond donors (Lipinski definition) is 2. The van der Waals surface area contributed by atoms with Gasteiger partial charge in [0.1, 0.15) is 0 Å². The Morgan fingerprint density at radius 1 is 1.10 bits per heavy atom. The van der Waals surface area contributed by atoms with Crippen LogP contribution < -0.4 is 10.9 Å². The second-order valence-electron chi connectivity index (χ2n) is 6.59. The summed E-state index contributed by atoms with van der Waals surface area (Å²) in [6, 6.07) is 13.7. The van der Waals surface area contributed by atoms with Crippen molar-refractivity contribution in [3.8, 4) is 11.4 Å². The average Bonchev–Trinajstić information content (AvgIpc) is 2.69. The molecular weight excluding hydrogens is 454 g/mol. The number of nitrogens with one attached hydrogen (secondary N) is 1. The highest BCUT2D eigenvalue weighted by atomic mass is 79.9. The third kappa shape index (κ3) is 4.93. The van der Waals surface area contributed by atoms with Crippen LogP contribution in [-0.4, -0.2) is 32.9 Å². The van der Waals surface area contributed by atoms with Gasteiger partial charge in [0.2, 0.25) is 0 Å². The van der Waals surface area contributed by atoms with Crippen LogP contribution in [0.25, 0.3) is 5.69 Å². The van der Waals surface area contributed by atoms with Gasteiger partial charge in [-0.3, -0.25) is 9.59 Å². The topological polar surface area (TPSA) is 111 Å². The van der Waals surface area contributed by atoms with Crippen LogP contribution in [0.4, 0.5) is 5.69 Å². The molecule has 0 saturated carbocycles. The summed E-state index contributed by atoms with van der Waals surface area (Å²) in [7, 11) is 0. The molecule has 1 amide bonds. The Balaban J connectivity index is 1.83. The molecule has 3 rings (SSSR count). The van der Waals surface area contributed by atoms with E-state index in [9.17, 15) is 19.5 Å². The van der Waals surface area contributed by atoms with Crippen molar-refractivity contribution in [2.45, 2.75) is 20.0 Å². The van der Waals surface area contributed by atoms with Gasteiger partial charge in [0.05, 0.1) is 17.4 Å². The van der Waals surface area contributed by atoms with E-state index in [0.717, 1.165) is 15.2 Å². The number of aromatic hydroxyl groups is 1. The maximum Gasteiger partial charge on any atom is 0.338 e. The van der Waals surface area contributed by atoms with Crippen LogP contribution in [-0.2, 0) is 4.74 Å². The smallest absolute Gasteiger partial charge is 0.338 e. The number of rotatable bonds is 5. The Bertz CT molecular complexity index is 1140. The number of anilines is 1. The van der Waals surface area contributed by atoms with Crippen LogP contribution in [0.3, 0.4) is 0 Å². The van der Waals surface area contributed by atoms with Crippen molar-refractivity contribution in [2.75, 3.05) is 5.32 Å². The molecule has 8 nitrogen and oxygen atoms in total. The van der Waals surface area contributed by atoms with Crippen LogP contribution >= 0.6 is 15.9 Å². The molecule has 0 aliphatic heterocycles. The molecule has 9 heteroatoms. The monoisotopic (exact) mass is 471 g/mol. The summed E-state index contributed by atoms with van der Waals surface area (Å²) in [5, 5.41) is 16.6. The van der Waals surface area contributed by atoms with E-state index in [0.29, 0.717) is 16.9 Å². The first kappa shape index (κ1) is 21.3. The first-order valence-corrected chi connectivity index (χ1v) is 9.75. The molecule has 1 heterocycles. The molecule has 0 atom stereocenters. The number of hydrogen-bond acceptors (Lipinski definition) is 6. The summed E-state index contributed by atoms with van der Waals surface area (Å²) in [5.74, 6) is -1.72. The molecular formula is C21H18BrN3O5. The number of halogens is 1. The molecule has 2 N–H and O–H groups in total. The highest BCUT2D eigenvalue weighted by Crippen LogP contribution is 2.18. The van der Waals surface area contributed by atoms with Crippen LogP contribution in [0.2, 0.25) is 0 Å². The lowest BCUT2D eigenvalue weighted by Crippen LogP contribution is -2.25. The van der Waals surface area contributed by atoms with E-state index in [2.05, 4.69) is 26.3 Å². The third-order valence-electron chi connectivity index (χ3n) is 3.92. The standard InChI is InChI=1S/C21H18BrN3O5/c1-12(2)30-21(29)13-3-7-15(8-4-13)23-20(28)19-17(26)11-18(27)25(24-19)16-9-5-14(22)6-10-16/h3-12,26H,1-2H3,(H,23,28). The molecule has 0 aliphatic carbocycles. The summed E-state index contributed by atoms with van der Waals surface area (Å²) in [6.07, 6.45) is -0.243. The summed E-state index contributed by atoms with van der Waals surface area (Å²) in [4.78, 5) is 36.7. The van der Waals surface area contributed by atoms with Crippen molar-refractivity contribution in [1.82, 2.24) is 9.78 Å². The molecule has 0 spiro atoms. The number of nitrogens with zero attached hydrogens (tertiary/aromatic N) is 2. The van der Waals surface area contributed by atoms with E-state index < -0.39 is 23.2 Å². The molecule has 0 saturated heterocycles. The van der Waals surface area contributed by atoms with Crippen LogP contribution in [0.15, 0.2) is 63.9 Å². The SMILES string of the molecule is CC(C)OC(=O)c1ccc(NC(=O)c2nn(-c3ccc(Br)cc3)c(=O)cc2O)cc1. The molecule has 2 aromatic carbocycles. The van der Waals surface area contributed by atoms with Gasteiger partial charge in [-0.25, -0.2) is 4.79 Å². The fraction of sp³-hybridized carbons (Fsp3) is 0.143. The lowest BCUT2D eigenvalue weighted by Gasteiger charge is -2.10. The van der Waals surface area contributed by atoms with E-state index in [1.54, 1.807) is 38.1 Å². The van der Waals surface area contributed by atoms with Crippen molar-refractivity contribution in [3.63, 3.8) is 0 Å². The van der Waals surface area contributed by atoms with Gasteiger partial charge in [0, 0.05) is 16.2 Å². The molecule has 0 unspecified atom stereocenters. The van der Waals surface area contributed by atoms with Gasteiger partial charge in [0.25, 0.3) is 11.5 Å². The third-order valence-corrected chi connectivity index (χ3v) is 4.45. The zero-order valence-electron chi connectivity index (χ0n) is 16.1. The predicted molar refractivity (Wildman–Crippen MR) is 114 cm³/mol. The Labute approximate surface area is 180 Å². The maximum atomic E-state index is 12.6. The normalized spacial score (nSPS) is 10.7.